The Morgan fingerprint density at radius 2 is 2.04 bits per heavy atom. The van der Waals surface area contributed by atoms with E-state index in [0.29, 0.717) is 0 Å². The summed E-state index contributed by atoms with van der Waals surface area (Å²) in [5.74, 6) is -1.29. The van der Waals surface area contributed by atoms with E-state index in [1.165, 1.54) is 12.3 Å². The lowest BCUT2D eigenvalue weighted by molar-refractivity contribution is -0.385. The molecule has 1 aromatic carbocycles. The summed E-state index contributed by atoms with van der Waals surface area (Å²) in [4.78, 5) is 33.9. The molecule has 0 aliphatic carbocycles. The van der Waals surface area contributed by atoms with Crippen molar-refractivity contribution in [2.24, 2.45) is 0 Å². The van der Waals surface area contributed by atoms with Gasteiger partial charge in [-0.15, -0.1) is 0 Å². The predicted octanol–water partition coefficient (Wildman–Crippen LogP) is 2.51. The molecule has 0 spiro atoms. The standard InChI is InChI=1S/C16H15FN2O5/c1-10(2)24-16(21)11-5-6-18(15(20)8-11)9-12-7-13(19(22)23)3-4-14(12)17/h3-8,10H,9H2,1-2H3. The van der Waals surface area contributed by atoms with E-state index < -0.39 is 22.3 Å². The zero-order valence-corrected chi connectivity index (χ0v) is 13.1. The normalized spacial score (nSPS) is 10.7. The van der Waals surface area contributed by atoms with Gasteiger partial charge in [0.1, 0.15) is 5.82 Å². The van der Waals surface area contributed by atoms with Crippen LogP contribution in [0.1, 0.15) is 29.8 Å². The Bertz CT molecular complexity index is 845. The first-order valence-electron chi connectivity index (χ1n) is 7.12. The average Bonchev–Trinajstić information content (AvgIpc) is 2.50. The van der Waals surface area contributed by atoms with Crippen molar-refractivity contribution in [2.45, 2.75) is 26.5 Å². The van der Waals surface area contributed by atoms with Gasteiger partial charge in [-0.25, -0.2) is 9.18 Å². The maximum atomic E-state index is 13.8. The molecule has 126 valence electrons. The number of non-ortho nitro benzene ring substituents is 1. The van der Waals surface area contributed by atoms with Gasteiger partial charge in [0, 0.05) is 30.0 Å². The monoisotopic (exact) mass is 334 g/mol. The summed E-state index contributed by atoms with van der Waals surface area (Å²) < 4.78 is 19.9. The van der Waals surface area contributed by atoms with Crippen molar-refractivity contribution in [1.82, 2.24) is 4.57 Å². The van der Waals surface area contributed by atoms with Crippen molar-refractivity contribution in [3.05, 3.63) is 73.9 Å². The van der Waals surface area contributed by atoms with Crippen molar-refractivity contribution in [2.75, 3.05) is 0 Å². The summed E-state index contributed by atoms with van der Waals surface area (Å²) in [6.07, 6.45) is 0.997. The molecule has 0 aliphatic rings. The number of carbonyl (C=O) groups is 1. The maximum Gasteiger partial charge on any atom is 0.338 e. The van der Waals surface area contributed by atoms with Crippen LogP contribution in [0.3, 0.4) is 0 Å². The SMILES string of the molecule is CC(C)OC(=O)c1ccn(Cc2cc([N+](=O)[O-])ccc2F)c(=O)c1. The molecule has 0 saturated heterocycles. The number of nitrogens with zero attached hydrogens (tertiary/aromatic N) is 2. The van der Waals surface area contributed by atoms with E-state index in [1.54, 1.807) is 13.8 Å². The number of pyridine rings is 1. The molecule has 0 bridgehead atoms. The highest BCUT2D eigenvalue weighted by molar-refractivity contribution is 5.89. The third-order valence-corrected chi connectivity index (χ3v) is 3.16. The van der Waals surface area contributed by atoms with E-state index >= 15 is 0 Å². The van der Waals surface area contributed by atoms with Gasteiger partial charge in [-0.3, -0.25) is 14.9 Å². The molecule has 7 nitrogen and oxygen atoms in total. The second-order valence-electron chi connectivity index (χ2n) is 5.37. The van der Waals surface area contributed by atoms with Crippen LogP contribution in [0.4, 0.5) is 10.1 Å². The van der Waals surface area contributed by atoms with Gasteiger partial charge < -0.3 is 9.30 Å². The quantitative estimate of drug-likeness (QED) is 0.476. The smallest absolute Gasteiger partial charge is 0.338 e. The van der Waals surface area contributed by atoms with Crippen molar-refractivity contribution in [1.29, 1.82) is 0 Å². The third-order valence-electron chi connectivity index (χ3n) is 3.16. The van der Waals surface area contributed by atoms with E-state index in [1.807, 2.05) is 0 Å². The van der Waals surface area contributed by atoms with E-state index in [-0.39, 0.29) is 29.5 Å². The Morgan fingerprint density at radius 3 is 2.62 bits per heavy atom. The van der Waals surface area contributed by atoms with Gasteiger partial charge in [0.05, 0.1) is 23.1 Å². The second kappa shape index (κ2) is 7.03. The van der Waals surface area contributed by atoms with Gasteiger partial charge in [-0.05, 0) is 26.0 Å². The largest absolute Gasteiger partial charge is 0.459 e. The predicted molar refractivity (Wildman–Crippen MR) is 83.4 cm³/mol. The molecule has 1 aromatic heterocycles. The highest BCUT2D eigenvalue weighted by Gasteiger charge is 2.14. The Labute approximate surface area is 136 Å². The Kier molecular flexibility index (Phi) is 5.08. The summed E-state index contributed by atoms with van der Waals surface area (Å²) in [5.41, 5.74) is -0.719. The van der Waals surface area contributed by atoms with E-state index in [4.69, 9.17) is 4.74 Å². The summed E-state index contributed by atoms with van der Waals surface area (Å²) in [6.45, 7) is 3.18. The van der Waals surface area contributed by atoms with Gasteiger partial charge in [0.15, 0.2) is 0 Å². The summed E-state index contributed by atoms with van der Waals surface area (Å²) in [5, 5.41) is 10.8. The molecule has 2 rings (SSSR count). The number of ether oxygens (including phenoxy) is 1. The first-order valence-corrected chi connectivity index (χ1v) is 7.12. The average molecular weight is 334 g/mol. The Morgan fingerprint density at radius 1 is 1.33 bits per heavy atom. The topological polar surface area (TPSA) is 91.4 Å². The minimum absolute atomic E-state index is 0.00352. The zero-order chi connectivity index (χ0) is 17.9. The molecule has 2 aromatic rings. The molecule has 0 atom stereocenters. The van der Waals surface area contributed by atoms with Crippen LogP contribution in [0.5, 0.6) is 0 Å². The molecule has 0 radical (unpaired) electrons. The number of aromatic nitrogens is 1. The van der Waals surface area contributed by atoms with Crippen LogP contribution >= 0.6 is 0 Å². The van der Waals surface area contributed by atoms with Gasteiger partial charge in [0.2, 0.25) is 0 Å². The number of hydrogen-bond donors (Lipinski definition) is 0. The van der Waals surface area contributed by atoms with E-state index in [2.05, 4.69) is 0 Å². The zero-order valence-electron chi connectivity index (χ0n) is 13.1. The minimum atomic E-state index is -0.657. The first kappa shape index (κ1) is 17.3. The third kappa shape index (κ3) is 4.03. The lowest BCUT2D eigenvalue weighted by atomic mass is 10.2. The molecule has 0 saturated carbocycles. The van der Waals surface area contributed by atoms with Crippen LogP contribution in [0.15, 0.2) is 41.3 Å². The van der Waals surface area contributed by atoms with E-state index in [0.717, 1.165) is 28.8 Å². The second-order valence-corrected chi connectivity index (χ2v) is 5.37. The minimum Gasteiger partial charge on any atom is -0.459 e. The number of halogens is 1. The lowest BCUT2D eigenvalue weighted by Gasteiger charge is -2.10. The van der Waals surface area contributed by atoms with Gasteiger partial charge >= 0.3 is 5.97 Å². The molecule has 0 N–H and O–H groups in total. The fraction of sp³-hybridized carbons (Fsp3) is 0.250. The van der Waals surface area contributed by atoms with E-state index in [9.17, 15) is 24.1 Å². The van der Waals surface area contributed by atoms with Crippen molar-refractivity contribution < 1.29 is 18.8 Å². The number of esters is 1. The number of carbonyl (C=O) groups excluding carboxylic acids is 1. The van der Waals surface area contributed by atoms with Crippen molar-refractivity contribution >= 4 is 11.7 Å². The maximum absolute atomic E-state index is 13.8. The fourth-order valence-corrected chi connectivity index (χ4v) is 2.03. The summed E-state index contributed by atoms with van der Waals surface area (Å²) in [6, 6.07) is 5.56. The molecule has 0 aliphatic heterocycles. The highest BCUT2D eigenvalue weighted by atomic mass is 19.1. The molecule has 0 unspecified atom stereocenters. The highest BCUT2D eigenvalue weighted by Crippen LogP contribution is 2.17. The first-order chi connectivity index (χ1) is 11.3. The lowest BCUT2D eigenvalue weighted by Crippen LogP contribution is -2.22. The van der Waals surface area contributed by atoms with Crippen LogP contribution in [0.2, 0.25) is 0 Å². The fourth-order valence-electron chi connectivity index (χ4n) is 2.03. The van der Waals surface area contributed by atoms with Crippen LogP contribution in [0, 0.1) is 15.9 Å². The van der Waals surface area contributed by atoms with Crippen LogP contribution in [-0.4, -0.2) is 21.6 Å². The Hall–Kier alpha value is -3.03. The number of nitro groups is 1. The molecular formula is C16H15FN2O5. The van der Waals surface area contributed by atoms with Crippen molar-refractivity contribution in [3.63, 3.8) is 0 Å². The summed E-state index contributed by atoms with van der Waals surface area (Å²) in [7, 11) is 0. The molecule has 0 fully saturated rings. The summed E-state index contributed by atoms with van der Waals surface area (Å²) >= 11 is 0. The van der Waals surface area contributed by atoms with Gasteiger partial charge in [-0.1, -0.05) is 0 Å². The molecule has 24 heavy (non-hydrogen) atoms. The van der Waals surface area contributed by atoms with Crippen LogP contribution < -0.4 is 5.56 Å². The number of benzene rings is 1. The van der Waals surface area contributed by atoms with Gasteiger partial charge in [0.25, 0.3) is 11.2 Å². The number of nitro benzene ring substituents is 1. The number of rotatable bonds is 5. The molecular weight excluding hydrogens is 319 g/mol. The van der Waals surface area contributed by atoms with Crippen LogP contribution in [-0.2, 0) is 11.3 Å². The van der Waals surface area contributed by atoms with Gasteiger partial charge in [-0.2, -0.15) is 0 Å². The molecule has 8 heteroatoms. The number of hydrogen-bond acceptors (Lipinski definition) is 5. The van der Waals surface area contributed by atoms with Crippen LogP contribution in [0.25, 0.3) is 0 Å². The molecule has 1 heterocycles. The van der Waals surface area contributed by atoms with Crippen molar-refractivity contribution in [3.8, 4) is 0 Å². The molecule has 0 amide bonds. The Balaban J connectivity index is 2.28.